The molecule has 2 N–H and O–H groups in total. The summed E-state index contributed by atoms with van der Waals surface area (Å²) >= 11 is 2.94. The van der Waals surface area contributed by atoms with Crippen molar-refractivity contribution in [3.05, 3.63) is 28.5 Å². The number of sulfonamides is 1. The normalized spacial score (nSPS) is 13.4. The number of carboxylic acids is 1. The van der Waals surface area contributed by atoms with Gasteiger partial charge >= 0.3 is 5.97 Å². The standard InChI is InChI=1S/C13H17BrFNO4S/c1-8(2)5-9(13(17)18)7-16-21(19,20)10-3-4-11(14)12(15)6-10/h3-4,6,8-9,16H,5,7H2,1-2H3,(H,17,18). The number of hydrogen-bond acceptors (Lipinski definition) is 3. The highest BCUT2D eigenvalue weighted by Crippen LogP contribution is 2.19. The lowest BCUT2D eigenvalue weighted by Crippen LogP contribution is -2.33. The van der Waals surface area contributed by atoms with Crippen LogP contribution in [0.3, 0.4) is 0 Å². The quantitative estimate of drug-likeness (QED) is 0.760. The van der Waals surface area contributed by atoms with Crippen molar-refractivity contribution in [1.82, 2.24) is 4.72 Å². The first kappa shape index (κ1) is 18.1. The van der Waals surface area contributed by atoms with Crippen molar-refractivity contribution in [2.45, 2.75) is 25.2 Å². The first-order valence-electron chi connectivity index (χ1n) is 6.31. The maximum Gasteiger partial charge on any atom is 0.307 e. The second kappa shape index (κ2) is 7.33. The van der Waals surface area contributed by atoms with E-state index in [0.29, 0.717) is 6.42 Å². The highest BCUT2D eigenvalue weighted by Gasteiger charge is 2.23. The van der Waals surface area contributed by atoms with Gasteiger partial charge in [0.05, 0.1) is 15.3 Å². The molecule has 0 fully saturated rings. The van der Waals surface area contributed by atoms with E-state index in [2.05, 4.69) is 20.7 Å². The Morgan fingerprint density at radius 2 is 2.05 bits per heavy atom. The fourth-order valence-corrected chi connectivity index (χ4v) is 3.12. The van der Waals surface area contributed by atoms with Crippen molar-refractivity contribution < 1.29 is 22.7 Å². The van der Waals surface area contributed by atoms with Crippen molar-refractivity contribution in [2.75, 3.05) is 6.54 Å². The first-order chi connectivity index (χ1) is 9.63. The Morgan fingerprint density at radius 3 is 2.52 bits per heavy atom. The molecule has 0 saturated heterocycles. The minimum absolute atomic E-state index is 0.126. The zero-order valence-electron chi connectivity index (χ0n) is 11.6. The van der Waals surface area contributed by atoms with Gasteiger partial charge in [-0.25, -0.2) is 17.5 Å². The molecular formula is C13H17BrFNO4S. The second-order valence-electron chi connectivity index (χ2n) is 5.09. The molecule has 21 heavy (non-hydrogen) atoms. The highest BCUT2D eigenvalue weighted by molar-refractivity contribution is 9.10. The molecule has 0 heterocycles. The van der Waals surface area contributed by atoms with Crippen molar-refractivity contribution >= 4 is 31.9 Å². The summed E-state index contributed by atoms with van der Waals surface area (Å²) in [4.78, 5) is 10.8. The van der Waals surface area contributed by atoms with Crippen LogP contribution in [0.15, 0.2) is 27.6 Å². The Balaban J connectivity index is 2.84. The van der Waals surface area contributed by atoms with Crippen LogP contribution in [0, 0.1) is 17.7 Å². The van der Waals surface area contributed by atoms with Crippen LogP contribution in [0.5, 0.6) is 0 Å². The van der Waals surface area contributed by atoms with Crippen molar-refractivity contribution in [1.29, 1.82) is 0 Å². The van der Waals surface area contributed by atoms with Gasteiger partial charge in [-0.1, -0.05) is 13.8 Å². The summed E-state index contributed by atoms with van der Waals surface area (Å²) in [7, 11) is -3.94. The van der Waals surface area contributed by atoms with Gasteiger partial charge in [-0.15, -0.1) is 0 Å². The van der Waals surface area contributed by atoms with Crippen LogP contribution >= 0.6 is 15.9 Å². The van der Waals surface area contributed by atoms with E-state index in [1.807, 2.05) is 13.8 Å². The highest BCUT2D eigenvalue weighted by atomic mass is 79.9. The summed E-state index contributed by atoms with van der Waals surface area (Å²) in [5.74, 6) is -2.45. The zero-order chi connectivity index (χ0) is 16.2. The lowest BCUT2D eigenvalue weighted by atomic mass is 9.98. The van der Waals surface area contributed by atoms with Crippen LogP contribution in [0.2, 0.25) is 0 Å². The van der Waals surface area contributed by atoms with Gasteiger partial charge in [0.25, 0.3) is 0 Å². The molecule has 1 atom stereocenters. The van der Waals surface area contributed by atoms with Gasteiger partial charge in [0, 0.05) is 6.54 Å². The molecule has 0 aliphatic heterocycles. The van der Waals surface area contributed by atoms with Crippen LogP contribution < -0.4 is 4.72 Å². The molecule has 0 spiro atoms. The number of aliphatic carboxylic acids is 1. The van der Waals surface area contributed by atoms with Crippen LogP contribution in [0.25, 0.3) is 0 Å². The Bertz CT molecular complexity index is 619. The van der Waals surface area contributed by atoms with Gasteiger partial charge in [-0.05, 0) is 46.5 Å². The van der Waals surface area contributed by atoms with Gasteiger partial charge in [0.2, 0.25) is 10.0 Å². The average Bonchev–Trinajstić information content (AvgIpc) is 2.37. The second-order valence-corrected chi connectivity index (χ2v) is 7.71. The Morgan fingerprint density at radius 1 is 1.43 bits per heavy atom. The van der Waals surface area contributed by atoms with Crippen molar-refractivity contribution in [2.24, 2.45) is 11.8 Å². The summed E-state index contributed by atoms with van der Waals surface area (Å²) in [5, 5.41) is 9.07. The van der Waals surface area contributed by atoms with Gasteiger partial charge in [-0.2, -0.15) is 0 Å². The number of carboxylic acid groups (broad SMARTS) is 1. The third-order valence-electron chi connectivity index (χ3n) is 2.83. The smallest absolute Gasteiger partial charge is 0.307 e. The molecular weight excluding hydrogens is 365 g/mol. The lowest BCUT2D eigenvalue weighted by Gasteiger charge is -2.15. The molecule has 8 heteroatoms. The molecule has 1 aromatic rings. The molecule has 0 radical (unpaired) electrons. The number of halogens is 2. The molecule has 0 bridgehead atoms. The van der Waals surface area contributed by atoms with Gasteiger partial charge in [0.1, 0.15) is 5.82 Å². The molecule has 0 aromatic heterocycles. The zero-order valence-corrected chi connectivity index (χ0v) is 14.0. The Labute approximate surface area is 131 Å². The SMILES string of the molecule is CC(C)CC(CNS(=O)(=O)c1ccc(Br)c(F)c1)C(=O)O. The molecule has 118 valence electrons. The van der Waals surface area contributed by atoms with E-state index < -0.39 is 27.7 Å². The largest absolute Gasteiger partial charge is 0.481 e. The maximum atomic E-state index is 13.4. The summed E-state index contributed by atoms with van der Waals surface area (Å²) < 4.78 is 39.8. The van der Waals surface area contributed by atoms with Crippen LogP contribution in [-0.4, -0.2) is 26.0 Å². The van der Waals surface area contributed by atoms with Crippen molar-refractivity contribution in [3.63, 3.8) is 0 Å². The fraction of sp³-hybridized carbons (Fsp3) is 0.462. The van der Waals surface area contributed by atoms with Crippen LogP contribution in [0.4, 0.5) is 4.39 Å². The van der Waals surface area contributed by atoms with E-state index >= 15 is 0 Å². The molecule has 5 nitrogen and oxygen atoms in total. The first-order valence-corrected chi connectivity index (χ1v) is 8.58. The average molecular weight is 382 g/mol. The minimum atomic E-state index is -3.94. The monoisotopic (exact) mass is 381 g/mol. The summed E-state index contributed by atoms with van der Waals surface area (Å²) in [6, 6.07) is 3.41. The van der Waals surface area contributed by atoms with E-state index in [1.165, 1.54) is 12.1 Å². The molecule has 1 rings (SSSR count). The van der Waals surface area contributed by atoms with E-state index in [4.69, 9.17) is 5.11 Å². The summed E-state index contributed by atoms with van der Waals surface area (Å²) in [5.41, 5.74) is 0. The number of benzene rings is 1. The van der Waals surface area contributed by atoms with Crippen LogP contribution in [0.1, 0.15) is 20.3 Å². The van der Waals surface area contributed by atoms with E-state index in [-0.39, 0.29) is 21.8 Å². The van der Waals surface area contributed by atoms with E-state index in [9.17, 15) is 17.6 Å². The molecule has 0 aliphatic carbocycles. The summed E-state index contributed by atoms with van der Waals surface area (Å²) in [6.45, 7) is 3.48. The fourth-order valence-electron chi connectivity index (χ4n) is 1.78. The van der Waals surface area contributed by atoms with E-state index in [1.54, 1.807) is 0 Å². The predicted molar refractivity (Wildman–Crippen MR) is 79.9 cm³/mol. The molecule has 1 unspecified atom stereocenters. The number of hydrogen-bond donors (Lipinski definition) is 2. The number of carbonyl (C=O) groups is 1. The molecule has 1 aromatic carbocycles. The van der Waals surface area contributed by atoms with Gasteiger partial charge in [0.15, 0.2) is 0 Å². The third-order valence-corrected chi connectivity index (χ3v) is 4.89. The topological polar surface area (TPSA) is 83.5 Å². The molecule has 0 aliphatic rings. The Hall–Kier alpha value is -0.990. The maximum absolute atomic E-state index is 13.4. The van der Waals surface area contributed by atoms with Gasteiger partial charge < -0.3 is 5.11 Å². The lowest BCUT2D eigenvalue weighted by molar-refractivity contribution is -0.142. The number of rotatable bonds is 7. The Kier molecular flexibility index (Phi) is 6.30. The number of nitrogens with one attached hydrogen (secondary N) is 1. The molecule has 0 saturated carbocycles. The summed E-state index contributed by atoms with van der Waals surface area (Å²) in [6.07, 6.45) is 0.354. The van der Waals surface area contributed by atoms with Crippen molar-refractivity contribution in [3.8, 4) is 0 Å². The van der Waals surface area contributed by atoms with Gasteiger partial charge in [-0.3, -0.25) is 4.79 Å². The van der Waals surface area contributed by atoms with E-state index in [0.717, 1.165) is 6.07 Å². The molecule has 0 amide bonds. The van der Waals surface area contributed by atoms with Crippen LogP contribution in [-0.2, 0) is 14.8 Å². The minimum Gasteiger partial charge on any atom is -0.481 e. The third kappa shape index (κ3) is 5.37. The predicted octanol–water partition coefficient (Wildman–Crippen LogP) is 2.61.